The van der Waals surface area contributed by atoms with Crippen LogP contribution in [0.1, 0.15) is 45.6 Å². The number of carbonyl (C=O) groups excluding carboxylic acids is 1. The molecule has 0 saturated heterocycles. The highest BCUT2D eigenvalue weighted by Gasteiger charge is 2.23. The predicted molar refractivity (Wildman–Crippen MR) is 80.1 cm³/mol. The Kier molecular flexibility index (Phi) is 3.02. The van der Waals surface area contributed by atoms with Gasteiger partial charge in [-0.2, -0.15) is 5.10 Å². The summed E-state index contributed by atoms with van der Waals surface area (Å²) >= 11 is 0. The lowest BCUT2D eigenvalue weighted by Crippen LogP contribution is -2.35. The number of aromatic amines is 1. The van der Waals surface area contributed by atoms with Crippen LogP contribution in [0.5, 0.6) is 0 Å². The van der Waals surface area contributed by atoms with Gasteiger partial charge in [-0.15, -0.1) is 0 Å². The standard InChI is InChI=1S/C17H19N3O/c21-17(20-8-7-16-15(11-20)10-18-19-16)14-6-5-12-3-1-2-4-13(12)9-14/h5-6,9-10H,1-4,7-8,11H2,(H,18,19). The summed E-state index contributed by atoms with van der Waals surface area (Å²) < 4.78 is 0. The van der Waals surface area contributed by atoms with Gasteiger partial charge in [0, 0.05) is 36.3 Å². The fourth-order valence-electron chi connectivity index (χ4n) is 3.44. The zero-order valence-corrected chi connectivity index (χ0v) is 12.1. The minimum Gasteiger partial charge on any atom is -0.334 e. The van der Waals surface area contributed by atoms with E-state index >= 15 is 0 Å². The van der Waals surface area contributed by atoms with Gasteiger partial charge in [0.25, 0.3) is 5.91 Å². The van der Waals surface area contributed by atoms with E-state index in [9.17, 15) is 4.79 Å². The van der Waals surface area contributed by atoms with E-state index in [1.165, 1.54) is 29.7 Å². The molecule has 1 aromatic carbocycles. The molecule has 108 valence electrons. The Bertz CT molecular complexity index is 689. The summed E-state index contributed by atoms with van der Waals surface area (Å²) in [6, 6.07) is 6.26. The summed E-state index contributed by atoms with van der Waals surface area (Å²) in [5, 5.41) is 7.07. The van der Waals surface area contributed by atoms with Gasteiger partial charge < -0.3 is 4.90 Å². The van der Waals surface area contributed by atoms with Crippen LogP contribution in [-0.2, 0) is 25.8 Å². The first-order chi connectivity index (χ1) is 10.3. The topological polar surface area (TPSA) is 49.0 Å². The Morgan fingerprint density at radius 3 is 2.86 bits per heavy atom. The molecule has 1 amide bonds. The zero-order chi connectivity index (χ0) is 14.2. The van der Waals surface area contributed by atoms with Crippen LogP contribution in [-0.4, -0.2) is 27.5 Å². The Morgan fingerprint density at radius 2 is 1.95 bits per heavy atom. The van der Waals surface area contributed by atoms with Crippen molar-refractivity contribution in [1.29, 1.82) is 0 Å². The molecule has 0 unspecified atom stereocenters. The summed E-state index contributed by atoms with van der Waals surface area (Å²) in [5.41, 5.74) is 5.95. The zero-order valence-electron chi connectivity index (χ0n) is 12.1. The van der Waals surface area contributed by atoms with Crippen molar-refractivity contribution in [3.05, 3.63) is 52.3 Å². The fraction of sp³-hybridized carbons (Fsp3) is 0.412. The van der Waals surface area contributed by atoms with Crippen molar-refractivity contribution in [1.82, 2.24) is 15.1 Å². The number of aromatic nitrogens is 2. The van der Waals surface area contributed by atoms with Crippen LogP contribution in [0.3, 0.4) is 0 Å². The third kappa shape index (κ3) is 2.24. The molecule has 0 radical (unpaired) electrons. The maximum Gasteiger partial charge on any atom is 0.254 e. The molecule has 4 rings (SSSR count). The summed E-state index contributed by atoms with van der Waals surface area (Å²) in [6.07, 6.45) is 7.49. The molecule has 1 aromatic heterocycles. The molecule has 0 saturated carbocycles. The molecular weight excluding hydrogens is 262 g/mol. The van der Waals surface area contributed by atoms with E-state index in [-0.39, 0.29) is 5.91 Å². The quantitative estimate of drug-likeness (QED) is 0.873. The molecule has 4 nitrogen and oxygen atoms in total. The molecule has 0 fully saturated rings. The normalized spacial score (nSPS) is 17.2. The van der Waals surface area contributed by atoms with Gasteiger partial charge in [-0.3, -0.25) is 9.89 Å². The molecule has 4 heteroatoms. The third-order valence-corrected chi connectivity index (χ3v) is 4.68. The summed E-state index contributed by atoms with van der Waals surface area (Å²) in [4.78, 5) is 14.6. The molecule has 2 heterocycles. The number of H-pyrrole nitrogens is 1. The van der Waals surface area contributed by atoms with Gasteiger partial charge in [-0.25, -0.2) is 0 Å². The fourth-order valence-corrected chi connectivity index (χ4v) is 3.44. The molecule has 1 aliphatic carbocycles. The van der Waals surface area contributed by atoms with Gasteiger partial charge in [-0.05, 0) is 48.9 Å². The van der Waals surface area contributed by atoms with Gasteiger partial charge >= 0.3 is 0 Å². The van der Waals surface area contributed by atoms with E-state index in [2.05, 4.69) is 22.3 Å². The highest BCUT2D eigenvalue weighted by atomic mass is 16.2. The second-order valence-electron chi connectivity index (χ2n) is 6.04. The molecule has 2 aromatic rings. The number of nitrogens with one attached hydrogen (secondary N) is 1. The average Bonchev–Trinajstić information content (AvgIpc) is 3.01. The van der Waals surface area contributed by atoms with Crippen molar-refractivity contribution in [2.45, 2.75) is 38.6 Å². The number of aryl methyl sites for hydroxylation is 2. The molecule has 0 bridgehead atoms. The lowest BCUT2D eigenvalue weighted by Gasteiger charge is -2.27. The van der Waals surface area contributed by atoms with Gasteiger partial charge in [-0.1, -0.05) is 6.07 Å². The molecule has 2 aliphatic rings. The number of rotatable bonds is 1. The number of carbonyl (C=O) groups is 1. The van der Waals surface area contributed by atoms with E-state index in [0.29, 0.717) is 6.54 Å². The van der Waals surface area contributed by atoms with Crippen LogP contribution in [0.2, 0.25) is 0 Å². The van der Waals surface area contributed by atoms with Crippen molar-refractivity contribution in [3.8, 4) is 0 Å². The molecule has 1 aliphatic heterocycles. The van der Waals surface area contributed by atoms with Crippen LogP contribution in [0.15, 0.2) is 24.4 Å². The average molecular weight is 281 g/mol. The Morgan fingerprint density at radius 1 is 1.10 bits per heavy atom. The van der Waals surface area contributed by atoms with Crippen molar-refractivity contribution in [2.75, 3.05) is 6.54 Å². The molecule has 0 atom stereocenters. The summed E-state index contributed by atoms with van der Waals surface area (Å²) in [7, 11) is 0. The third-order valence-electron chi connectivity index (χ3n) is 4.68. The number of hydrogen-bond acceptors (Lipinski definition) is 2. The first kappa shape index (κ1) is 12.6. The largest absolute Gasteiger partial charge is 0.334 e. The Balaban J connectivity index is 1.58. The lowest BCUT2D eigenvalue weighted by molar-refractivity contribution is 0.0734. The van der Waals surface area contributed by atoms with Crippen LogP contribution in [0.25, 0.3) is 0 Å². The molecule has 1 N–H and O–H groups in total. The lowest BCUT2D eigenvalue weighted by atomic mass is 9.90. The van der Waals surface area contributed by atoms with Gasteiger partial charge in [0.2, 0.25) is 0 Å². The van der Waals surface area contributed by atoms with Crippen molar-refractivity contribution in [2.24, 2.45) is 0 Å². The van der Waals surface area contributed by atoms with E-state index in [1.54, 1.807) is 0 Å². The van der Waals surface area contributed by atoms with Crippen LogP contribution in [0.4, 0.5) is 0 Å². The highest BCUT2D eigenvalue weighted by molar-refractivity contribution is 5.94. The first-order valence-electron chi connectivity index (χ1n) is 7.73. The second kappa shape index (κ2) is 5.02. The number of hydrogen-bond donors (Lipinski definition) is 1. The van der Waals surface area contributed by atoms with Gasteiger partial charge in [0.15, 0.2) is 0 Å². The van der Waals surface area contributed by atoms with E-state index in [0.717, 1.165) is 36.9 Å². The van der Waals surface area contributed by atoms with Crippen LogP contribution in [0, 0.1) is 0 Å². The van der Waals surface area contributed by atoms with Crippen molar-refractivity contribution < 1.29 is 4.79 Å². The number of fused-ring (bicyclic) bond motifs is 2. The first-order valence-corrected chi connectivity index (χ1v) is 7.73. The minimum absolute atomic E-state index is 0.148. The molecule has 21 heavy (non-hydrogen) atoms. The monoisotopic (exact) mass is 281 g/mol. The second-order valence-corrected chi connectivity index (χ2v) is 6.04. The van der Waals surface area contributed by atoms with E-state index < -0.39 is 0 Å². The van der Waals surface area contributed by atoms with Crippen molar-refractivity contribution in [3.63, 3.8) is 0 Å². The Labute approximate surface area is 124 Å². The van der Waals surface area contributed by atoms with Crippen LogP contribution < -0.4 is 0 Å². The number of nitrogens with zero attached hydrogens (tertiary/aromatic N) is 2. The van der Waals surface area contributed by atoms with Crippen molar-refractivity contribution >= 4 is 5.91 Å². The van der Waals surface area contributed by atoms with Gasteiger partial charge in [0.1, 0.15) is 0 Å². The molecule has 0 spiro atoms. The van der Waals surface area contributed by atoms with Crippen LogP contribution >= 0.6 is 0 Å². The number of benzene rings is 1. The highest BCUT2D eigenvalue weighted by Crippen LogP contribution is 2.24. The summed E-state index contributed by atoms with van der Waals surface area (Å²) in [6.45, 7) is 1.44. The predicted octanol–water partition coefficient (Wildman–Crippen LogP) is 2.49. The smallest absolute Gasteiger partial charge is 0.254 e. The van der Waals surface area contributed by atoms with Gasteiger partial charge in [0.05, 0.1) is 6.20 Å². The minimum atomic E-state index is 0.148. The molecular formula is C17H19N3O. The van der Waals surface area contributed by atoms with E-state index in [1.807, 2.05) is 17.2 Å². The maximum atomic E-state index is 12.7. The SMILES string of the molecule is O=C(c1ccc2c(c1)CCCC2)N1CCc2[nH]ncc2C1. The summed E-state index contributed by atoms with van der Waals surface area (Å²) in [5.74, 6) is 0.148. The number of amides is 1. The maximum absolute atomic E-state index is 12.7. The van der Waals surface area contributed by atoms with E-state index in [4.69, 9.17) is 0 Å². The Hall–Kier alpha value is -2.10.